The zero-order valence-corrected chi connectivity index (χ0v) is 11.6. The van der Waals surface area contributed by atoms with E-state index in [1.165, 1.54) is 6.07 Å². The molecule has 1 saturated carbocycles. The summed E-state index contributed by atoms with van der Waals surface area (Å²) in [6, 6.07) is 5.39. The van der Waals surface area contributed by atoms with E-state index in [0.717, 1.165) is 42.7 Å². The van der Waals surface area contributed by atoms with Gasteiger partial charge in [0.15, 0.2) is 0 Å². The number of hydrogen-bond donors (Lipinski definition) is 0. The molecule has 1 spiro atoms. The Morgan fingerprint density at radius 3 is 2.33 bits per heavy atom. The Balaban J connectivity index is 1.95. The van der Waals surface area contributed by atoms with E-state index in [1.54, 1.807) is 0 Å². The van der Waals surface area contributed by atoms with Crippen molar-refractivity contribution in [1.29, 1.82) is 5.26 Å². The van der Waals surface area contributed by atoms with E-state index in [2.05, 4.69) is 0 Å². The molecule has 3 rings (SSSR count). The number of nitrogens with zero attached hydrogens (tertiary/aromatic N) is 2. The lowest BCUT2D eigenvalue weighted by Crippen LogP contribution is -2.47. The number of nitriles is 1. The molecule has 1 heterocycles. The fourth-order valence-corrected chi connectivity index (χ4v) is 3.54. The van der Waals surface area contributed by atoms with Crippen LogP contribution in [0.2, 0.25) is 0 Å². The SMILES string of the molecule is N#Cc1cc(F)ccc1N1C(=O)CC2(CCCC2)CC1=O. The van der Waals surface area contributed by atoms with Crippen molar-refractivity contribution in [2.45, 2.75) is 38.5 Å². The van der Waals surface area contributed by atoms with Crippen LogP contribution in [0.1, 0.15) is 44.1 Å². The second-order valence-corrected chi connectivity index (χ2v) is 5.96. The number of anilines is 1. The lowest BCUT2D eigenvalue weighted by molar-refractivity contribution is -0.133. The van der Waals surface area contributed by atoms with Crippen LogP contribution >= 0.6 is 0 Å². The van der Waals surface area contributed by atoms with Gasteiger partial charge in [-0.2, -0.15) is 5.26 Å². The lowest BCUT2D eigenvalue weighted by Gasteiger charge is -2.37. The molecule has 0 bridgehead atoms. The van der Waals surface area contributed by atoms with E-state index in [-0.39, 0.29) is 28.5 Å². The molecule has 1 aromatic rings. The molecule has 0 N–H and O–H groups in total. The highest BCUT2D eigenvalue weighted by Crippen LogP contribution is 2.47. The number of hydrogen-bond acceptors (Lipinski definition) is 3. The fraction of sp³-hybridized carbons (Fsp3) is 0.438. The van der Waals surface area contributed by atoms with Gasteiger partial charge in [0, 0.05) is 12.8 Å². The molecule has 2 amide bonds. The number of benzene rings is 1. The third-order valence-electron chi connectivity index (χ3n) is 4.54. The summed E-state index contributed by atoms with van der Waals surface area (Å²) in [7, 11) is 0. The minimum Gasteiger partial charge on any atom is -0.274 e. The molecule has 1 aromatic carbocycles. The van der Waals surface area contributed by atoms with Crippen LogP contribution in [-0.4, -0.2) is 11.8 Å². The number of imide groups is 1. The second kappa shape index (κ2) is 4.96. The van der Waals surface area contributed by atoms with E-state index in [0.29, 0.717) is 12.8 Å². The summed E-state index contributed by atoms with van der Waals surface area (Å²) in [4.78, 5) is 25.9. The first-order valence-electron chi connectivity index (χ1n) is 7.10. The lowest BCUT2D eigenvalue weighted by atomic mass is 9.76. The molecule has 0 unspecified atom stereocenters. The summed E-state index contributed by atoms with van der Waals surface area (Å²) in [6.07, 6.45) is 4.60. The summed E-state index contributed by atoms with van der Waals surface area (Å²) >= 11 is 0. The van der Waals surface area contributed by atoms with Gasteiger partial charge < -0.3 is 0 Å². The Hall–Kier alpha value is -2.22. The van der Waals surface area contributed by atoms with Gasteiger partial charge in [0.25, 0.3) is 0 Å². The smallest absolute Gasteiger partial charge is 0.234 e. The van der Waals surface area contributed by atoms with Crippen molar-refractivity contribution in [2.75, 3.05) is 4.90 Å². The van der Waals surface area contributed by atoms with E-state index >= 15 is 0 Å². The molecule has 108 valence electrons. The monoisotopic (exact) mass is 286 g/mol. The van der Waals surface area contributed by atoms with E-state index in [9.17, 15) is 14.0 Å². The van der Waals surface area contributed by atoms with Crippen LogP contribution < -0.4 is 4.90 Å². The number of amides is 2. The summed E-state index contributed by atoms with van der Waals surface area (Å²) < 4.78 is 13.2. The van der Waals surface area contributed by atoms with Gasteiger partial charge in [-0.3, -0.25) is 9.59 Å². The Kier molecular flexibility index (Phi) is 3.25. The molecule has 21 heavy (non-hydrogen) atoms. The first-order chi connectivity index (χ1) is 10.0. The zero-order valence-electron chi connectivity index (χ0n) is 11.6. The molecule has 2 fully saturated rings. The van der Waals surface area contributed by atoms with E-state index in [1.807, 2.05) is 6.07 Å². The third-order valence-corrected chi connectivity index (χ3v) is 4.54. The van der Waals surface area contributed by atoms with Crippen LogP contribution in [0.5, 0.6) is 0 Å². The van der Waals surface area contributed by atoms with Gasteiger partial charge in [-0.15, -0.1) is 0 Å². The van der Waals surface area contributed by atoms with Crippen molar-refractivity contribution >= 4 is 17.5 Å². The Labute approximate surface area is 122 Å². The van der Waals surface area contributed by atoms with Crippen LogP contribution in [0.3, 0.4) is 0 Å². The molecular weight excluding hydrogens is 271 g/mol. The predicted molar refractivity (Wildman–Crippen MR) is 73.7 cm³/mol. The molecule has 4 nitrogen and oxygen atoms in total. The van der Waals surface area contributed by atoms with Gasteiger partial charge in [-0.1, -0.05) is 12.8 Å². The first kappa shape index (κ1) is 13.7. The molecule has 2 aliphatic rings. The molecular formula is C16H15FN2O2. The summed E-state index contributed by atoms with van der Waals surface area (Å²) in [5.74, 6) is -1.12. The summed E-state index contributed by atoms with van der Waals surface area (Å²) in [5.41, 5.74) is 0.0261. The van der Waals surface area contributed by atoms with Gasteiger partial charge in [-0.25, -0.2) is 9.29 Å². The Morgan fingerprint density at radius 2 is 1.76 bits per heavy atom. The van der Waals surface area contributed by atoms with Crippen LogP contribution in [0.4, 0.5) is 10.1 Å². The molecule has 1 saturated heterocycles. The maximum atomic E-state index is 13.2. The van der Waals surface area contributed by atoms with Crippen LogP contribution in [0.25, 0.3) is 0 Å². The van der Waals surface area contributed by atoms with Gasteiger partial charge in [0.1, 0.15) is 11.9 Å². The molecule has 1 aliphatic heterocycles. The first-order valence-corrected chi connectivity index (χ1v) is 7.10. The fourth-order valence-electron chi connectivity index (χ4n) is 3.54. The third kappa shape index (κ3) is 2.31. The van der Waals surface area contributed by atoms with E-state index in [4.69, 9.17) is 5.26 Å². The van der Waals surface area contributed by atoms with Gasteiger partial charge in [0.05, 0.1) is 11.3 Å². The van der Waals surface area contributed by atoms with Crippen molar-refractivity contribution < 1.29 is 14.0 Å². The van der Waals surface area contributed by atoms with Crippen molar-refractivity contribution in [3.05, 3.63) is 29.6 Å². The summed E-state index contributed by atoms with van der Waals surface area (Å²) in [6.45, 7) is 0. The predicted octanol–water partition coefficient (Wildman–Crippen LogP) is 2.91. The molecule has 1 aliphatic carbocycles. The highest BCUT2D eigenvalue weighted by molar-refractivity contribution is 6.17. The van der Waals surface area contributed by atoms with Crippen LogP contribution in [0, 0.1) is 22.6 Å². The van der Waals surface area contributed by atoms with E-state index < -0.39 is 5.82 Å². The van der Waals surface area contributed by atoms with Gasteiger partial charge >= 0.3 is 0 Å². The van der Waals surface area contributed by atoms with Crippen molar-refractivity contribution in [3.63, 3.8) is 0 Å². The van der Waals surface area contributed by atoms with Crippen molar-refractivity contribution in [1.82, 2.24) is 0 Å². The minimum atomic E-state index is -0.556. The van der Waals surface area contributed by atoms with Gasteiger partial charge in [-0.05, 0) is 36.5 Å². The number of carbonyl (C=O) groups excluding carboxylic acids is 2. The molecule has 0 aromatic heterocycles. The minimum absolute atomic E-state index is 0.0130. The maximum Gasteiger partial charge on any atom is 0.234 e. The number of piperidine rings is 1. The number of halogens is 1. The van der Waals surface area contributed by atoms with Crippen LogP contribution in [0.15, 0.2) is 18.2 Å². The Bertz CT molecular complexity index is 637. The maximum absolute atomic E-state index is 13.2. The highest BCUT2D eigenvalue weighted by Gasteiger charge is 2.45. The zero-order chi connectivity index (χ0) is 15.0. The van der Waals surface area contributed by atoms with Crippen molar-refractivity contribution in [2.24, 2.45) is 5.41 Å². The standard InChI is InChI=1S/C16H15FN2O2/c17-12-3-4-13(11(7-12)10-18)19-14(20)8-16(9-15(19)21)5-1-2-6-16/h3-4,7H,1-2,5-6,8-9H2. The average Bonchev–Trinajstić information content (AvgIpc) is 2.87. The van der Waals surface area contributed by atoms with Crippen LogP contribution in [-0.2, 0) is 9.59 Å². The highest BCUT2D eigenvalue weighted by atomic mass is 19.1. The average molecular weight is 286 g/mol. The number of carbonyl (C=O) groups is 2. The topological polar surface area (TPSA) is 61.2 Å². The molecule has 0 atom stereocenters. The Morgan fingerprint density at radius 1 is 1.14 bits per heavy atom. The number of rotatable bonds is 1. The quantitative estimate of drug-likeness (QED) is 0.746. The largest absolute Gasteiger partial charge is 0.274 e. The van der Waals surface area contributed by atoms with Crippen molar-refractivity contribution in [3.8, 4) is 6.07 Å². The molecule has 5 heteroatoms. The second-order valence-electron chi connectivity index (χ2n) is 5.96. The molecule has 0 radical (unpaired) electrons. The van der Waals surface area contributed by atoms with Gasteiger partial charge in [0.2, 0.25) is 11.8 Å². The summed E-state index contributed by atoms with van der Waals surface area (Å²) in [5, 5.41) is 9.09. The normalized spacial score (nSPS) is 20.9.